The number of carbonyl (C=O) groups is 2. The lowest BCUT2D eigenvalue weighted by molar-refractivity contribution is -0.123. The molecule has 5 nitrogen and oxygen atoms in total. The number of furan rings is 1. The number of cyclic esters (lactones) is 1. The summed E-state index contributed by atoms with van der Waals surface area (Å²) < 4.78 is 10.6. The number of nitrogens with zero attached hydrogens (tertiary/aromatic N) is 1. The van der Waals surface area contributed by atoms with Crippen LogP contribution in [0.5, 0.6) is 0 Å². The molecule has 2 amide bonds. The number of amides is 2. The maximum absolute atomic E-state index is 11.9. The van der Waals surface area contributed by atoms with Crippen LogP contribution in [-0.4, -0.2) is 23.4 Å². The van der Waals surface area contributed by atoms with Crippen molar-refractivity contribution in [1.29, 1.82) is 0 Å². The van der Waals surface area contributed by atoms with E-state index in [1.54, 1.807) is 19.1 Å². The predicted octanol–water partition coefficient (Wildman–Crippen LogP) is 3.29. The number of hydrogen-bond donors (Lipinski definition) is 0. The molecular weight excluding hydrogens is 270 g/mol. The van der Waals surface area contributed by atoms with Gasteiger partial charge < -0.3 is 9.15 Å². The molecule has 0 radical (unpaired) electrons. The molecule has 1 aliphatic heterocycles. The van der Waals surface area contributed by atoms with E-state index in [2.05, 4.69) is 0 Å². The molecule has 106 valence electrons. The Bertz CT molecular complexity index is 715. The molecule has 0 aliphatic carbocycles. The number of likely N-dealkylation sites (N-methyl/N-ethyl adjacent to an activating group) is 1. The zero-order chi connectivity index (χ0) is 14.8. The molecule has 2 heterocycles. The summed E-state index contributed by atoms with van der Waals surface area (Å²) in [4.78, 5) is 24.4. The third-order valence-electron chi connectivity index (χ3n) is 3.15. The Labute approximate surface area is 121 Å². The smallest absolute Gasteiger partial charge is 0.422 e. The van der Waals surface area contributed by atoms with E-state index in [4.69, 9.17) is 9.15 Å². The van der Waals surface area contributed by atoms with Crippen molar-refractivity contribution >= 4 is 18.1 Å². The van der Waals surface area contributed by atoms with Crippen molar-refractivity contribution in [3.8, 4) is 11.3 Å². The summed E-state index contributed by atoms with van der Waals surface area (Å²) in [6.07, 6.45) is 0.783. The van der Waals surface area contributed by atoms with Gasteiger partial charge in [-0.15, -0.1) is 0 Å². The Morgan fingerprint density at radius 2 is 1.86 bits per heavy atom. The van der Waals surface area contributed by atoms with Gasteiger partial charge in [-0.1, -0.05) is 30.3 Å². The summed E-state index contributed by atoms with van der Waals surface area (Å²) in [5.41, 5.74) is 0.937. The second-order valence-corrected chi connectivity index (χ2v) is 4.49. The van der Waals surface area contributed by atoms with Gasteiger partial charge >= 0.3 is 6.09 Å². The summed E-state index contributed by atoms with van der Waals surface area (Å²) in [6, 6.07) is 13.1. The van der Waals surface area contributed by atoms with Gasteiger partial charge in [-0.2, -0.15) is 0 Å². The first-order chi connectivity index (χ1) is 10.2. The number of carbonyl (C=O) groups excluding carboxylic acids is 2. The zero-order valence-corrected chi connectivity index (χ0v) is 11.4. The molecule has 21 heavy (non-hydrogen) atoms. The Kier molecular flexibility index (Phi) is 3.31. The summed E-state index contributed by atoms with van der Waals surface area (Å²) in [6.45, 7) is 1.99. The average Bonchev–Trinajstić information content (AvgIpc) is 3.06. The van der Waals surface area contributed by atoms with Crippen LogP contribution in [0.3, 0.4) is 0 Å². The number of imide groups is 1. The minimum absolute atomic E-state index is 0.0178. The zero-order valence-electron chi connectivity index (χ0n) is 11.4. The van der Waals surface area contributed by atoms with Crippen molar-refractivity contribution in [2.75, 3.05) is 6.54 Å². The van der Waals surface area contributed by atoms with Crippen LogP contribution >= 0.6 is 0 Å². The molecule has 1 saturated heterocycles. The van der Waals surface area contributed by atoms with E-state index >= 15 is 0 Å². The van der Waals surface area contributed by atoms with Crippen LogP contribution in [-0.2, 0) is 9.53 Å². The number of ether oxygens (including phenoxy) is 1. The summed E-state index contributed by atoms with van der Waals surface area (Å²) in [7, 11) is 0. The Hall–Kier alpha value is -2.82. The van der Waals surface area contributed by atoms with Gasteiger partial charge in [0.2, 0.25) is 5.76 Å². The van der Waals surface area contributed by atoms with E-state index in [0.29, 0.717) is 11.5 Å². The first-order valence-electron chi connectivity index (χ1n) is 6.59. The van der Waals surface area contributed by atoms with Gasteiger partial charge in [0.25, 0.3) is 5.91 Å². The molecule has 0 unspecified atom stereocenters. The molecule has 0 spiro atoms. The number of hydrogen-bond acceptors (Lipinski definition) is 4. The topological polar surface area (TPSA) is 59.8 Å². The maximum Gasteiger partial charge on any atom is 0.422 e. The monoisotopic (exact) mass is 283 g/mol. The van der Waals surface area contributed by atoms with E-state index in [1.165, 1.54) is 6.08 Å². The van der Waals surface area contributed by atoms with Crippen molar-refractivity contribution in [2.24, 2.45) is 0 Å². The fraction of sp³-hybridized carbons (Fsp3) is 0.125. The van der Waals surface area contributed by atoms with Gasteiger partial charge in [0, 0.05) is 18.2 Å². The van der Waals surface area contributed by atoms with Gasteiger partial charge in [0.15, 0.2) is 0 Å². The molecule has 0 N–H and O–H groups in total. The molecule has 0 saturated carbocycles. The van der Waals surface area contributed by atoms with E-state index in [-0.39, 0.29) is 12.3 Å². The van der Waals surface area contributed by atoms with Crippen LogP contribution in [0, 0.1) is 0 Å². The highest BCUT2D eigenvalue weighted by molar-refractivity contribution is 6.09. The second kappa shape index (κ2) is 5.28. The highest BCUT2D eigenvalue weighted by Crippen LogP contribution is 2.25. The Morgan fingerprint density at radius 3 is 2.52 bits per heavy atom. The van der Waals surface area contributed by atoms with Gasteiger partial charge in [-0.3, -0.25) is 4.79 Å². The fourth-order valence-electron chi connectivity index (χ4n) is 2.09. The average molecular weight is 283 g/mol. The van der Waals surface area contributed by atoms with Crippen LogP contribution in [0.2, 0.25) is 0 Å². The van der Waals surface area contributed by atoms with E-state index in [1.807, 2.05) is 30.3 Å². The van der Waals surface area contributed by atoms with E-state index < -0.39 is 12.0 Å². The lowest BCUT2D eigenvalue weighted by atomic mass is 10.2. The molecule has 0 atom stereocenters. The first kappa shape index (κ1) is 13.2. The third-order valence-corrected chi connectivity index (χ3v) is 3.15. The van der Waals surface area contributed by atoms with Crippen molar-refractivity contribution in [2.45, 2.75) is 6.92 Å². The number of benzene rings is 1. The van der Waals surface area contributed by atoms with Crippen molar-refractivity contribution in [3.63, 3.8) is 0 Å². The molecule has 2 aromatic rings. The van der Waals surface area contributed by atoms with Gasteiger partial charge in [0.05, 0.1) is 0 Å². The summed E-state index contributed by atoms with van der Waals surface area (Å²) >= 11 is 0. The molecule has 5 heteroatoms. The minimum Gasteiger partial charge on any atom is -0.457 e. The summed E-state index contributed by atoms with van der Waals surface area (Å²) in [5.74, 6) is 0.686. The normalized spacial score (nSPS) is 16.6. The van der Waals surface area contributed by atoms with Gasteiger partial charge in [-0.05, 0) is 19.1 Å². The molecule has 0 bridgehead atoms. The lowest BCUT2D eigenvalue weighted by Crippen LogP contribution is -2.28. The predicted molar refractivity (Wildman–Crippen MR) is 76.0 cm³/mol. The maximum atomic E-state index is 11.9. The highest BCUT2D eigenvalue weighted by atomic mass is 16.6. The van der Waals surface area contributed by atoms with E-state index in [9.17, 15) is 9.59 Å². The van der Waals surface area contributed by atoms with Crippen molar-refractivity contribution in [3.05, 3.63) is 54.0 Å². The van der Waals surface area contributed by atoms with Gasteiger partial charge in [0.1, 0.15) is 11.5 Å². The van der Waals surface area contributed by atoms with Crippen molar-refractivity contribution < 1.29 is 18.7 Å². The van der Waals surface area contributed by atoms with Crippen LogP contribution in [0.1, 0.15) is 12.7 Å². The van der Waals surface area contributed by atoms with Gasteiger partial charge in [-0.25, -0.2) is 9.69 Å². The standard InChI is InChI=1S/C16H13NO4/c1-2-17-15(18)14(21-16(17)19)10-12-8-9-13(20-12)11-6-4-3-5-7-11/h3-10H,2H2,1H3/b14-10+. The SMILES string of the molecule is CCN1C(=O)O/C(=C/c2ccc(-c3ccccc3)o2)C1=O. The minimum atomic E-state index is -0.649. The molecule has 1 aromatic heterocycles. The largest absolute Gasteiger partial charge is 0.457 e. The molecule has 1 aromatic carbocycles. The van der Waals surface area contributed by atoms with Crippen LogP contribution in [0.15, 0.2) is 52.6 Å². The first-order valence-corrected chi connectivity index (χ1v) is 6.59. The highest BCUT2D eigenvalue weighted by Gasteiger charge is 2.35. The molecular formula is C16H13NO4. The van der Waals surface area contributed by atoms with E-state index in [0.717, 1.165) is 10.5 Å². The second-order valence-electron chi connectivity index (χ2n) is 4.49. The quantitative estimate of drug-likeness (QED) is 0.811. The van der Waals surface area contributed by atoms with Crippen molar-refractivity contribution in [1.82, 2.24) is 4.90 Å². The Balaban J connectivity index is 1.87. The lowest BCUT2D eigenvalue weighted by Gasteiger charge is -2.03. The van der Waals surface area contributed by atoms with Crippen LogP contribution in [0.4, 0.5) is 4.79 Å². The third kappa shape index (κ3) is 2.45. The number of rotatable bonds is 3. The van der Waals surface area contributed by atoms with Crippen LogP contribution in [0.25, 0.3) is 17.4 Å². The molecule has 1 fully saturated rings. The molecule has 3 rings (SSSR count). The van der Waals surface area contributed by atoms with Crippen LogP contribution < -0.4 is 0 Å². The summed E-state index contributed by atoms with van der Waals surface area (Å²) in [5, 5.41) is 0. The Morgan fingerprint density at radius 1 is 1.10 bits per heavy atom. The fourth-order valence-corrected chi connectivity index (χ4v) is 2.09. The molecule has 1 aliphatic rings.